The van der Waals surface area contributed by atoms with Gasteiger partial charge in [-0.25, -0.2) is 31.6 Å². The van der Waals surface area contributed by atoms with E-state index in [1.54, 1.807) is 27.0 Å². The van der Waals surface area contributed by atoms with E-state index in [0.29, 0.717) is 35.3 Å². The minimum absolute atomic E-state index is 0.00715. The minimum Gasteiger partial charge on any atom is -0.363 e. The van der Waals surface area contributed by atoms with Gasteiger partial charge < -0.3 is 5.32 Å². The number of nitrogens with zero attached hydrogens (tertiary/aromatic N) is 3. The summed E-state index contributed by atoms with van der Waals surface area (Å²) in [6, 6.07) is 4.79. The molecule has 3 atom stereocenters. The standard InChI is InChI=1S/C23H25F3N4O3S/c1-12-9-14(7-8-34(12,32)33)17-10-18-21(27-11-28-22(18)30(3)23(17)31)29-13(2)15-5-4-6-16(19(15)24)20(25)26/h4-6,10-14,20H,7-9H2,1-3H3,(H,27,28,29)/t12?,13-,14?/m1/s1. The van der Waals surface area contributed by atoms with Crippen molar-refractivity contribution in [2.24, 2.45) is 7.05 Å². The lowest BCUT2D eigenvalue weighted by Crippen LogP contribution is -2.33. The Morgan fingerprint density at radius 1 is 1.21 bits per heavy atom. The molecule has 1 aliphatic heterocycles. The summed E-state index contributed by atoms with van der Waals surface area (Å²) >= 11 is 0. The van der Waals surface area contributed by atoms with Gasteiger partial charge in [0, 0.05) is 18.2 Å². The zero-order chi connectivity index (χ0) is 24.8. The number of alkyl halides is 2. The molecule has 2 unspecified atom stereocenters. The topological polar surface area (TPSA) is 93.9 Å². The first kappa shape index (κ1) is 24.2. The van der Waals surface area contributed by atoms with Crippen molar-refractivity contribution in [3.05, 3.63) is 63.5 Å². The Hall–Kier alpha value is -2.95. The molecule has 3 heterocycles. The van der Waals surface area contributed by atoms with Crippen LogP contribution in [-0.2, 0) is 16.9 Å². The van der Waals surface area contributed by atoms with Crippen LogP contribution in [0.1, 0.15) is 61.8 Å². The van der Waals surface area contributed by atoms with Crippen molar-refractivity contribution in [2.45, 2.75) is 50.3 Å². The van der Waals surface area contributed by atoms with Crippen LogP contribution < -0.4 is 10.9 Å². The molecule has 0 amide bonds. The summed E-state index contributed by atoms with van der Waals surface area (Å²) in [5.74, 6) is -0.908. The zero-order valence-electron chi connectivity index (χ0n) is 18.9. The molecule has 0 aliphatic carbocycles. The number of benzene rings is 1. The van der Waals surface area contributed by atoms with Crippen LogP contribution in [0.25, 0.3) is 11.0 Å². The fraction of sp³-hybridized carbons (Fsp3) is 0.435. The van der Waals surface area contributed by atoms with Gasteiger partial charge in [-0.1, -0.05) is 18.2 Å². The number of pyridine rings is 1. The number of fused-ring (bicyclic) bond motifs is 1. The van der Waals surface area contributed by atoms with E-state index in [0.717, 1.165) is 6.07 Å². The number of nitrogens with one attached hydrogen (secondary N) is 1. The van der Waals surface area contributed by atoms with E-state index in [2.05, 4.69) is 15.3 Å². The van der Waals surface area contributed by atoms with Crippen LogP contribution in [0.5, 0.6) is 0 Å². The smallest absolute Gasteiger partial charge is 0.266 e. The van der Waals surface area contributed by atoms with Crippen molar-refractivity contribution in [3.8, 4) is 0 Å². The van der Waals surface area contributed by atoms with Gasteiger partial charge in [-0.15, -0.1) is 0 Å². The van der Waals surface area contributed by atoms with Crippen molar-refractivity contribution >= 4 is 26.7 Å². The number of anilines is 1. The summed E-state index contributed by atoms with van der Waals surface area (Å²) in [5.41, 5.74) is -0.0760. The van der Waals surface area contributed by atoms with E-state index in [1.807, 2.05) is 0 Å². The molecule has 34 heavy (non-hydrogen) atoms. The average molecular weight is 495 g/mol. The first-order chi connectivity index (χ1) is 16.0. The molecule has 1 aromatic carbocycles. The number of aromatic nitrogens is 3. The van der Waals surface area contributed by atoms with Crippen molar-refractivity contribution in [2.75, 3.05) is 11.1 Å². The van der Waals surface area contributed by atoms with E-state index in [-0.39, 0.29) is 22.8 Å². The fourth-order valence-corrected chi connectivity index (χ4v) is 6.05. The van der Waals surface area contributed by atoms with E-state index in [4.69, 9.17) is 0 Å². The predicted octanol–water partition coefficient (Wildman–Crippen LogP) is 4.26. The molecule has 0 radical (unpaired) electrons. The lowest BCUT2D eigenvalue weighted by molar-refractivity contribution is 0.146. The van der Waals surface area contributed by atoms with Gasteiger partial charge in [0.1, 0.15) is 23.6 Å². The Kier molecular flexibility index (Phi) is 6.41. The maximum Gasteiger partial charge on any atom is 0.266 e. The highest BCUT2D eigenvalue weighted by atomic mass is 32.2. The number of hydrogen-bond donors (Lipinski definition) is 1. The van der Waals surface area contributed by atoms with E-state index >= 15 is 0 Å². The van der Waals surface area contributed by atoms with Crippen LogP contribution in [-0.4, -0.2) is 34.0 Å². The number of hydrogen-bond acceptors (Lipinski definition) is 6. The molecule has 7 nitrogen and oxygen atoms in total. The highest BCUT2D eigenvalue weighted by Gasteiger charge is 2.33. The van der Waals surface area contributed by atoms with Crippen molar-refractivity contribution in [1.29, 1.82) is 0 Å². The van der Waals surface area contributed by atoms with Crippen molar-refractivity contribution < 1.29 is 21.6 Å². The van der Waals surface area contributed by atoms with Gasteiger partial charge in [-0.2, -0.15) is 0 Å². The largest absolute Gasteiger partial charge is 0.363 e. The lowest BCUT2D eigenvalue weighted by Gasteiger charge is -2.27. The van der Waals surface area contributed by atoms with Gasteiger partial charge in [-0.3, -0.25) is 9.36 Å². The van der Waals surface area contributed by atoms with Gasteiger partial charge >= 0.3 is 0 Å². The summed E-state index contributed by atoms with van der Waals surface area (Å²) in [4.78, 5) is 21.5. The van der Waals surface area contributed by atoms with Gasteiger partial charge in [0.2, 0.25) is 0 Å². The molecule has 0 spiro atoms. The van der Waals surface area contributed by atoms with Crippen molar-refractivity contribution in [1.82, 2.24) is 14.5 Å². The summed E-state index contributed by atoms with van der Waals surface area (Å²) in [6.07, 6.45) is -1.00. The van der Waals surface area contributed by atoms with Crippen LogP contribution in [0, 0.1) is 5.82 Å². The second kappa shape index (κ2) is 9.01. The fourth-order valence-electron chi connectivity index (χ4n) is 4.51. The molecule has 0 saturated carbocycles. The van der Waals surface area contributed by atoms with Crippen molar-refractivity contribution in [3.63, 3.8) is 0 Å². The Balaban J connectivity index is 1.75. The normalized spacial score (nSPS) is 21.0. The lowest BCUT2D eigenvalue weighted by atomic mass is 9.91. The molecule has 2 aromatic heterocycles. The molecule has 0 bridgehead atoms. The first-order valence-electron chi connectivity index (χ1n) is 10.9. The Labute approximate surface area is 195 Å². The molecular formula is C23H25F3N4O3S. The molecule has 182 valence electrons. The number of rotatable bonds is 5. The highest BCUT2D eigenvalue weighted by molar-refractivity contribution is 7.92. The minimum atomic E-state index is -3.17. The third-order valence-corrected chi connectivity index (χ3v) is 8.79. The van der Waals surface area contributed by atoms with Gasteiger partial charge in [-0.05, 0) is 38.7 Å². The van der Waals surface area contributed by atoms with E-state index in [1.165, 1.54) is 23.0 Å². The molecule has 4 rings (SSSR count). The summed E-state index contributed by atoms with van der Waals surface area (Å²) in [5, 5.41) is 3.00. The first-order valence-corrected chi connectivity index (χ1v) is 12.6. The van der Waals surface area contributed by atoms with Gasteiger partial charge in [0.15, 0.2) is 9.84 Å². The molecule has 1 saturated heterocycles. The number of aryl methyl sites for hydroxylation is 1. The third kappa shape index (κ3) is 4.28. The van der Waals surface area contributed by atoms with Crippen LogP contribution >= 0.6 is 0 Å². The number of halogens is 3. The molecule has 1 aliphatic rings. The van der Waals surface area contributed by atoms with Crippen LogP contribution in [0.3, 0.4) is 0 Å². The second-order valence-corrected chi connectivity index (χ2v) is 11.3. The Morgan fingerprint density at radius 2 is 1.91 bits per heavy atom. The van der Waals surface area contributed by atoms with E-state index < -0.39 is 38.9 Å². The quantitative estimate of drug-likeness (QED) is 0.570. The molecular weight excluding hydrogens is 469 g/mol. The van der Waals surface area contributed by atoms with Gasteiger partial charge in [0.25, 0.3) is 12.0 Å². The molecule has 1 N–H and O–H groups in total. The summed E-state index contributed by atoms with van der Waals surface area (Å²) in [6.45, 7) is 3.27. The maximum absolute atomic E-state index is 14.7. The highest BCUT2D eigenvalue weighted by Crippen LogP contribution is 2.34. The average Bonchev–Trinajstić information content (AvgIpc) is 2.78. The SMILES string of the molecule is CC1CC(c2cc3c(N[C@H](C)c4cccc(C(F)F)c4F)ncnc3n(C)c2=O)CCS1(=O)=O. The number of sulfone groups is 1. The second-order valence-electron chi connectivity index (χ2n) is 8.74. The van der Waals surface area contributed by atoms with Crippen LogP contribution in [0.2, 0.25) is 0 Å². The maximum atomic E-state index is 14.7. The molecule has 3 aromatic rings. The Morgan fingerprint density at radius 3 is 2.59 bits per heavy atom. The summed E-state index contributed by atoms with van der Waals surface area (Å²) in [7, 11) is -1.60. The zero-order valence-corrected chi connectivity index (χ0v) is 19.7. The molecule has 1 fully saturated rings. The molecule has 11 heteroatoms. The monoisotopic (exact) mass is 494 g/mol. The predicted molar refractivity (Wildman–Crippen MR) is 123 cm³/mol. The van der Waals surface area contributed by atoms with Crippen LogP contribution in [0.4, 0.5) is 19.0 Å². The third-order valence-electron chi connectivity index (χ3n) is 6.57. The van der Waals surface area contributed by atoms with Crippen LogP contribution in [0.15, 0.2) is 35.4 Å². The van der Waals surface area contributed by atoms with Gasteiger partial charge in [0.05, 0.1) is 28.0 Å². The van der Waals surface area contributed by atoms with E-state index in [9.17, 15) is 26.4 Å². The Bertz CT molecular complexity index is 1410. The summed E-state index contributed by atoms with van der Waals surface area (Å²) < 4.78 is 66.6.